The van der Waals surface area contributed by atoms with Gasteiger partial charge in [-0.1, -0.05) is 11.6 Å². The lowest BCUT2D eigenvalue weighted by Gasteiger charge is -2.40. The molecule has 0 saturated carbocycles. The van der Waals surface area contributed by atoms with E-state index in [0.29, 0.717) is 22.6 Å². The molecule has 3 aromatic rings. The third kappa shape index (κ3) is 4.78. The van der Waals surface area contributed by atoms with Gasteiger partial charge in [-0.25, -0.2) is 9.78 Å². The molecule has 2 fully saturated rings. The summed E-state index contributed by atoms with van der Waals surface area (Å²) in [4.78, 5) is 19.6. The minimum absolute atomic E-state index is 0.186. The number of pyridine rings is 1. The molecule has 3 atom stereocenters. The number of ether oxygens (including phenoxy) is 3. The number of nitrogens with one attached hydrogen (secondary N) is 1. The lowest BCUT2D eigenvalue weighted by molar-refractivity contribution is 0.00683. The molecule has 1 amide bonds. The lowest BCUT2D eigenvalue weighted by atomic mass is 9.97. The zero-order valence-corrected chi connectivity index (χ0v) is 22.1. The van der Waals surface area contributed by atoms with Gasteiger partial charge in [0, 0.05) is 53.9 Å². The van der Waals surface area contributed by atoms with E-state index in [4.69, 9.17) is 30.8 Å². The van der Waals surface area contributed by atoms with Gasteiger partial charge in [-0.3, -0.25) is 0 Å². The number of carbonyl (C=O) groups excluding carboxylic acids is 1. The van der Waals surface area contributed by atoms with E-state index >= 15 is 0 Å². The number of rotatable bonds is 5. The van der Waals surface area contributed by atoms with Gasteiger partial charge in [-0.2, -0.15) is 0 Å². The maximum atomic E-state index is 12.8. The van der Waals surface area contributed by atoms with Crippen LogP contribution in [0.5, 0.6) is 11.5 Å². The van der Waals surface area contributed by atoms with Gasteiger partial charge >= 0.3 is 6.09 Å². The predicted molar refractivity (Wildman–Crippen MR) is 140 cm³/mol. The molecule has 192 valence electrons. The van der Waals surface area contributed by atoms with E-state index in [-0.39, 0.29) is 18.2 Å². The van der Waals surface area contributed by atoms with Crippen LogP contribution in [0.4, 0.5) is 10.5 Å². The number of benzene rings is 1. The molecule has 2 saturated heterocycles. The van der Waals surface area contributed by atoms with Crippen molar-refractivity contribution in [3.8, 4) is 22.8 Å². The quantitative estimate of drug-likeness (QED) is 0.451. The second-order valence-electron chi connectivity index (χ2n) is 10.6. The highest BCUT2D eigenvalue weighted by molar-refractivity contribution is 6.32. The normalized spacial score (nSPS) is 21.5. The van der Waals surface area contributed by atoms with Crippen LogP contribution in [0.2, 0.25) is 5.02 Å². The number of hydrogen-bond acceptors (Lipinski definition) is 6. The lowest BCUT2D eigenvalue weighted by Crippen LogP contribution is -2.51. The molecule has 1 N–H and O–H groups in total. The first-order valence-corrected chi connectivity index (χ1v) is 12.7. The van der Waals surface area contributed by atoms with Crippen LogP contribution in [0.15, 0.2) is 36.7 Å². The van der Waals surface area contributed by atoms with Crippen LogP contribution in [-0.2, 0) is 4.74 Å². The molecule has 9 heteroatoms. The smallest absolute Gasteiger partial charge is 0.410 e. The van der Waals surface area contributed by atoms with Crippen molar-refractivity contribution in [3.05, 3.63) is 41.7 Å². The van der Waals surface area contributed by atoms with E-state index < -0.39 is 5.60 Å². The van der Waals surface area contributed by atoms with Crippen LogP contribution in [-0.4, -0.2) is 58.3 Å². The fourth-order valence-corrected chi connectivity index (χ4v) is 5.65. The van der Waals surface area contributed by atoms with Crippen LogP contribution in [0.1, 0.15) is 46.5 Å². The summed E-state index contributed by atoms with van der Waals surface area (Å²) in [6, 6.07) is 8.40. The van der Waals surface area contributed by atoms with Gasteiger partial charge < -0.3 is 28.8 Å². The Kier molecular flexibility index (Phi) is 6.41. The highest BCUT2D eigenvalue weighted by atomic mass is 35.5. The zero-order chi connectivity index (χ0) is 25.6. The van der Waals surface area contributed by atoms with Gasteiger partial charge in [0.1, 0.15) is 22.7 Å². The Morgan fingerprint density at radius 2 is 1.78 bits per heavy atom. The number of piperidine rings is 1. The molecule has 8 nitrogen and oxygen atoms in total. The number of aromatic nitrogens is 2. The molecule has 1 aromatic carbocycles. The van der Waals surface area contributed by atoms with Crippen molar-refractivity contribution in [1.29, 1.82) is 0 Å². The number of anilines is 1. The van der Waals surface area contributed by atoms with E-state index in [1.165, 1.54) is 0 Å². The van der Waals surface area contributed by atoms with Crippen molar-refractivity contribution in [3.63, 3.8) is 0 Å². The third-order valence-electron chi connectivity index (χ3n) is 6.92. The van der Waals surface area contributed by atoms with E-state index in [1.54, 1.807) is 20.3 Å². The number of nitrogens with zero attached hydrogens (tertiary/aromatic N) is 3. The fourth-order valence-electron chi connectivity index (χ4n) is 5.40. The summed E-state index contributed by atoms with van der Waals surface area (Å²) in [5.41, 5.74) is 2.91. The van der Waals surface area contributed by atoms with E-state index in [2.05, 4.69) is 11.4 Å². The highest BCUT2D eigenvalue weighted by Crippen LogP contribution is 2.39. The monoisotopic (exact) mass is 512 g/mol. The van der Waals surface area contributed by atoms with Crippen molar-refractivity contribution >= 4 is 29.0 Å². The van der Waals surface area contributed by atoms with Gasteiger partial charge in [0.25, 0.3) is 0 Å². The average Bonchev–Trinajstić information content (AvgIpc) is 3.36. The third-order valence-corrected chi connectivity index (χ3v) is 7.21. The van der Waals surface area contributed by atoms with Crippen molar-refractivity contribution in [2.24, 2.45) is 0 Å². The highest BCUT2D eigenvalue weighted by Gasteiger charge is 2.44. The second-order valence-corrected chi connectivity index (χ2v) is 11.0. The largest absolute Gasteiger partial charge is 0.496 e. The summed E-state index contributed by atoms with van der Waals surface area (Å²) in [6.45, 7) is 5.74. The number of fused-ring (bicyclic) bond motifs is 3. The van der Waals surface area contributed by atoms with Crippen molar-refractivity contribution in [2.45, 2.75) is 70.2 Å². The second kappa shape index (κ2) is 9.39. The average molecular weight is 513 g/mol. The maximum Gasteiger partial charge on any atom is 0.410 e. The van der Waals surface area contributed by atoms with Crippen molar-refractivity contribution < 1.29 is 19.0 Å². The molecule has 0 spiro atoms. The topological polar surface area (TPSA) is 77.3 Å². The molecular weight excluding hydrogens is 480 g/mol. The Labute approximate surface area is 216 Å². The summed E-state index contributed by atoms with van der Waals surface area (Å²) in [7, 11) is 3.19. The molecule has 0 radical (unpaired) electrons. The first-order valence-electron chi connectivity index (χ1n) is 12.3. The molecular formula is C27H33ClN4O4. The Morgan fingerprint density at radius 3 is 2.42 bits per heavy atom. The minimum Gasteiger partial charge on any atom is -0.496 e. The van der Waals surface area contributed by atoms with E-state index in [0.717, 1.165) is 48.3 Å². The summed E-state index contributed by atoms with van der Waals surface area (Å²) < 4.78 is 18.5. The van der Waals surface area contributed by atoms with Gasteiger partial charge in [0.15, 0.2) is 0 Å². The zero-order valence-electron chi connectivity index (χ0n) is 21.4. The van der Waals surface area contributed by atoms with E-state index in [1.807, 2.05) is 54.6 Å². The molecule has 4 heterocycles. The first-order chi connectivity index (χ1) is 17.1. The molecule has 2 aliphatic rings. The van der Waals surface area contributed by atoms with Crippen molar-refractivity contribution in [1.82, 2.24) is 14.3 Å². The fraction of sp³-hybridized carbons (Fsp3) is 0.481. The molecule has 1 unspecified atom stereocenters. The Hall–Kier alpha value is -3.13. The van der Waals surface area contributed by atoms with Gasteiger partial charge in [-0.15, -0.1) is 0 Å². The number of carbonyl (C=O) groups is 1. The number of amides is 1. The van der Waals surface area contributed by atoms with Gasteiger partial charge in [0.2, 0.25) is 0 Å². The maximum absolute atomic E-state index is 12.8. The Morgan fingerprint density at radius 1 is 1.08 bits per heavy atom. The number of halogens is 1. The molecule has 5 rings (SSSR count). The molecule has 2 aliphatic heterocycles. The van der Waals surface area contributed by atoms with Crippen LogP contribution in [0, 0.1) is 0 Å². The summed E-state index contributed by atoms with van der Waals surface area (Å²) in [5.74, 6) is 1.20. The standard InChI is InChI=1S/C27H33ClN4O4/c1-27(2,3)36-26(33)32-18-6-7-19(32)11-17(10-18)29-16-8-9-31-15-22(30-25(31)12-16)20-13-21(28)24(35-5)14-23(20)34-4/h8-9,12-15,17-19,29H,6-7,10-11H2,1-5H3/t17?,18-,19+. The molecule has 2 aromatic heterocycles. The van der Waals surface area contributed by atoms with Crippen LogP contribution in [0.3, 0.4) is 0 Å². The van der Waals surface area contributed by atoms with Crippen LogP contribution in [0.25, 0.3) is 16.9 Å². The molecule has 0 aliphatic carbocycles. The SMILES string of the molecule is COc1cc(OC)c(-c2cn3ccc(NC4C[C@H]5CC[C@@H](C4)N5C(=O)OC(C)(C)C)cc3n2)cc1Cl. The first kappa shape index (κ1) is 24.6. The molecule has 2 bridgehead atoms. The summed E-state index contributed by atoms with van der Waals surface area (Å²) in [6.07, 6.45) is 7.63. The Bertz CT molecular complexity index is 1270. The van der Waals surface area contributed by atoms with Crippen LogP contribution >= 0.6 is 11.6 Å². The minimum atomic E-state index is -0.481. The van der Waals surface area contributed by atoms with Gasteiger partial charge in [-0.05, 0) is 58.6 Å². The number of methoxy groups -OCH3 is 2. The number of imidazole rings is 1. The predicted octanol–water partition coefficient (Wildman–Crippen LogP) is 6.01. The van der Waals surface area contributed by atoms with E-state index in [9.17, 15) is 4.79 Å². The Balaban J connectivity index is 1.32. The van der Waals surface area contributed by atoms with Crippen molar-refractivity contribution in [2.75, 3.05) is 19.5 Å². The van der Waals surface area contributed by atoms with Gasteiger partial charge in [0.05, 0.1) is 24.9 Å². The summed E-state index contributed by atoms with van der Waals surface area (Å²) >= 11 is 6.37. The van der Waals surface area contributed by atoms with Crippen LogP contribution < -0.4 is 14.8 Å². The molecule has 36 heavy (non-hydrogen) atoms. The summed E-state index contributed by atoms with van der Waals surface area (Å²) in [5, 5.41) is 4.18. The number of hydrogen-bond donors (Lipinski definition) is 1.